The summed E-state index contributed by atoms with van der Waals surface area (Å²) in [5.74, 6) is -0.194. The minimum absolute atomic E-state index is 0.255. The third kappa shape index (κ3) is 4.20. The molecule has 2 aromatic heterocycles. The SMILES string of the molecule is COc1ccccc1/C=C/C(=O)OCC(=O)c1cc(C)n(-c2nccs2)c1C. The van der Waals surface area contributed by atoms with Crippen LogP contribution in [0.15, 0.2) is 48.0 Å². The van der Waals surface area contributed by atoms with Crippen LogP contribution in [-0.4, -0.2) is 35.0 Å². The number of carbonyl (C=O) groups excluding carboxylic acids is 2. The van der Waals surface area contributed by atoms with E-state index in [0.717, 1.165) is 22.1 Å². The summed E-state index contributed by atoms with van der Waals surface area (Å²) in [7, 11) is 1.56. The number of hydrogen-bond donors (Lipinski definition) is 0. The fourth-order valence-corrected chi connectivity index (χ4v) is 3.64. The lowest BCUT2D eigenvalue weighted by Gasteiger charge is -2.06. The maximum Gasteiger partial charge on any atom is 0.331 e. The molecule has 2 heterocycles. The van der Waals surface area contributed by atoms with Crippen LogP contribution >= 0.6 is 11.3 Å². The van der Waals surface area contributed by atoms with Gasteiger partial charge in [-0.1, -0.05) is 18.2 Å². The molecule has 0 amide bonds. The van der Waals surface area contributed by atoms with Gasteiger partial charge in [-0.25, -0.2) is 9.78 Å². The number of aromatic nitrogens is 2. The molecule has 3 aromatic rings. The zero-order chi connectivity index (χ0) is 20.1. The Balaban J connectivity index is 1.65. The molecule has 1 aromatic carbocycles. The first-order valence-corrected chi connectivity index (χ1v) is 9.49. The summed E-state index contributed by atoms with van der Waals surface area (Å²) < 4.78 is 12.3. The smallest absolute Gasteiger partial charge is 0.331 e. The average Bonchev–Trinajstić information content (AvgIpc) is 3.32. The number of ether oxygens (including phenoxy) is 2. The standard InChI is InChI=1S/C21H20N2O4S/c1-14-12-17(15(2)23(14)21-22-10-11-28-21)18(24)13-27-20(25)9-8-16-6-4-5-7-19(16)26-3/h4-12H,13H2,1-3H3/b9-8+. The summed E-state index contributed by atoms with van der Waals surface area (Å²) in [6.07, 6.45) is 4.60. The molecule has 0 bridgehead atoms. The van der Waals surface area contributed by atoms with Gasteiger partial charge >= 0.3 is 5.97 Å². The summed E-state index contributed by atoms with van der Waals surface area (Å²) >= 11 is 1.49. The molecule has 0 saturated heterocycles. The number of Topliss-reactive ketones (excluding diaryl/α,β-unsaturated/α-hetero) is 1. The van der Waals surface area contributed by atoms with Crippen molar-refractivity contribution in [3.63, 3.8) is 0 Å². The molecule has 0 aliphatic carbocycles. The molecule has 144 valence electrons. The number of thiazole rings is 1. The summed E-state index contributed by atoms with van der Waals surface area (Å²) in [5.41, 5.74) is 2.95. The summed E-state index contributed by atoms with van der Waals surface area (Å²) in [5, 5.41) is 2.68. The van der Waals surface area contributed by atoms with Gasteiger partial charge in [0.1, 0.15) is 5.75 Å². The number of rotatable bonds is 7. The molecular formula is C21H20N2O4S. The molecule has 0 aliphatic rings. The van der Waals surface area contributed by atoms with Crippen molar-refractivity contribution in [1.82, 2.24) is 9.55 Å². The van der Waals surface area contributed by atoms with E-state index in [1.54, 1.807) is 31.5 Å². The van der Waals surface area contributed by atoms with Gasteiger partial charge in [0.25, 0.3) is 0 Å². The number of ketones is 1. The highest BCUT2D eigenvalue weighted by Crippen LogP contribution is 2.23. The van der Waals surface area contributed by atoms with Crippen LogP contribution in [0.1, 0.15) is 27.3 Å². The Morgan fingerprint density at radius 2 is 2.04 bits per heavy atom. The van der Waals surface area contributed by atoms with Gasteiger partial charge < -0.3 is 9.47 Å². The van der Waals surface area contributed by atoms with Gasteiger partial charge in [0.2, 0.25) is 5.78 Å². The zero-order valence-electron chi connectivity index (χ0n) is 15.8. The number of methoxy groups -OCH3 is 1. The largest absolute Gasteiger partial charge is 0.496 e. The monoisotopic (exact) mass is 396 g/mol. The minimum Gasteiger partial charge on any atom is -0.496 e. The van der Waals surface area contributed by atoms with Crippen LogP contribution in [-0.2, 0) is 9.53 Å². The van der Waals surface area contributed by atoms with Crippen LogP contribution in [0, 0.1) is 13.8 Å². The Morgan fingerprint density at radius 1 is 1.25 bits per heavy atom. The van der Waals surface area contributed by atoms with Gasteiger partial charge in [0, 0.05) is 40.2 Å². The molecule has 0 atom stereocenters. The second-order valence-electron chi connectivity index (χ2n) is 6.04. The molecule has 0 fully saturated rings. The van der Waals surface area contributed by atoms with Crippen molar-refractivity contribution < 1.29 is 19.1 Å². The molecule has 0 spiro atoms. The van der Waals surface area contributed by atoms with E-state index in [1.807, 2.05) is 42.0 Å². The van der Waals surface area contributed by atoms with Gasteiger partial charge in [-0.05, 0) is 32.1 Å². The van der Waals surface area contributed by atoms with E-state index in [4.69, 9.17) is 9.47 Å². The lowest BCUT2D eigenvalue weighted by molar-refractivity contribution is -0.136. The van der Waals surface area contributed by atoms with Crippen molar-refractivity contribution in [2.75, 3.05) is 13.7 Å². The highest BCUT2D eigenvalue weighted by atomic mass is 32.1. The maximum absolute atomic E-state index is 12.5. The van der Waals surface area contributed by atoms with Crippen molar-refractivity contribution in [1.29, 1.82) is 0 Å². The Kier molecular flexibility index (Phi) is 6.06. The molecule has 0 unspecified atom stereocenters. The van der Waals surface area contributed by atoms with Crippen LogP contribution in [0.4, 0.5) is 0 Å². The second kappa shape index (κ2) is 8.67. The number of aryl methyl sites for hydroxylation is 1. The Bertz CT molecular complexity index is 1020. The van der Waals surface area contributed by atoms with Gasteiger partial charge in [0.05, 0.1) is 7.11 Å². The van der Waals surface area contributed by atoms with Crippen LogP contribution in [0.25, 0.3) is 11.2 Å². The maximum atomic E-state index is 12.5. The van der Waals surface area contributed by atoms with Gasteiger partial charge in [-0.15, -0.1) is 11.3 Å². The number of para-hydroxylation sites is 1. The Labute approximate surface area is 167 Å². The third-order valence-electron chi connectivity index (χ3n) is 4.23. The molecule has 0 N–H and O–H groups in total. The fraction of sp³-hybridized carbons (Fsp3) is 0.190. The molecular weight excluding hydrogens is 376 g/mol. The highest BCUT2D eigenvalue weighted by Gasteiger charge is 2.18. The third-order valence-corrected chi connectivity index (χ3v) is 4.98. The number of hydrogen-bond acceptors (Lipinski definition) is 6. The van der Waals surface area contributed by atoms with Crippen molar-refractivity contribution in [3.05, 3.63) is 70.5 Å². The predicted molar refractivity (Wildman–Crippen MR) is 108 cm³/mol. The molecule has 0 radical (unpaired) electrons. The van der Waals surface area contributed by atoms with E-state index in [1.165, 1.54) is 17.4 Å². The molecule has 3 rings (SSSR count). The van der Waals surface area contributed by atoms with Crippen molar-refractivity contribution in [2.45, 2.75) is 13.8 Å². The number of nitrogens with zero attached hydrogens (tertiary/aromatic N) is 2. The molecule has 0 aliphatic heterocycles. The van der Waals surface area contributed by atoms with Gasteiger partial charge in [0.15, 0.2) is 11.7 Å². The number of carbonyl (C=O) groups is 2. The first-order chi connectivity index (χ1) is 13.5. The van der Waals surface area contributed by atoms with E-state index in [9.17, 15) is 9.59 Å². The minimum atomic E-state index is -0.590. The number of esters is 1. The van der Waals surface area contributed by atoms with Crippen LogP contribution in [0.3, 0.4) is 0 Å². The van der Waals surface area contributed by atoms with E-state index in [2.05, 4.69) is 4.98 Å². The first kappa shape index (κ1) is 19.6. The quantitative estimate of drug-likeness (QED) is 0.343. The van der Waals surface area contributed by atoms with E-state index in [0.29, 0.717) is 11.3 Å². The second-order valence-corrected chi connectivity index (χ2v) is 6.91. The topological polar surface area (TPSA) is 70.4 Å². The number of benzene rings is 1. The van der Waals surface area contributed by atoms with Gasteiger partial charge in [-0.3, -0.25) is 9.36 Å². The van der Waals surface area contributed by atoms with E-state index < -0.39 is 5.97 Å². The molecule has 6 nitrogen and oxygen atoms in total. The van der Waals surface area contributed by atoms with E-state index in [-0.39, 0.29) is 12.4 Å². The molecule has 0 saturated carbocycles. The van der Waals surface area contributed by atoms with Crippen LogP contribution in [0.2, 0.25) is 0 Å². The normalized spacial score (nSPS) is 11.0. The summed E-state index contributed by atoms with van der Waals surface area (Å²) in [4.78, 5) is 28.8. The average molecular weight is 396 g/mol. The highest BCUT2D eigenvalue weighted by molar-refractivity contribution is 7.12. The Morgan fingerprint density at radius 3 is 2.75 bits per heavy atom. The van der Waals surface area contributed by atoms with Gasteiger partial charge in [-0.2, -0.15) is 0 Å². The lowest BCUT2D eigenvalue weighted by Crippen LogP contribution is -2.13. The first-order valence-electron chi connectivity index (χ1n) is 8.61. The van der Waals surface area contributed by atoms with Crippen LogP contribution < -0.4 is 4.74 Å². The predicted octanol–water partition coefficient (Wildman–Crippen LogP) is 4.00. The molecule has 7 heteroatoms. The summed E-state index contributed by atoms with van der Waals surface area (Å²) in [6.45, 7) is 3.44. The summed E-state index contributed by atoms with van der Waals surface area (Å²) in [6, 6.07) is 9.09. The van der Waals surface area contributed by atoms with Crippen molar-refractivity contribution in [3.8, 4) is 10.9 Å². The Hall–Kier alpha value is -3.19. The van der Waals surface area contributed by atoms with E-state index >= 15 is 0 Å². The zero-order valence-corrected chi connectivity index (χ0v) is 16.7. The van der Waals surface area contributed by atoms with Crippen molar-refractivity contribution in [2.24, 2.45) is 0 Å². The van der Waals surface area contributed by atoms with Crippen molar-refractivity contribution >= 4 is 29.2 Å². The fourth-order valence-electron chi connectivity index (χ4n) is 2.89. The molecule has 28 heavy (non-hydrogen) atoms. The van der Waals surface area contributed by atoms with Crippen LogP contribution in [0.5, 0.6) is 5.75 Å². The lowest BCUT2D eigenvalue weighted by atomic mass is 10.1.